The van der Waals surface area contributed by atoms with E-state index in [0.29, 0.717) is 29.2 Å². The highest BCUT2D eigenvalue weighted by atomic mass is 35.5. The molecule has 0 amide bonds. The Morgan fingerprint density at radius 1 is 1.32 bits per heavy atom. The number of hydrogen-bond donors (Lipinski definition) is 2. The minimum atomic E-state index is -4.10. The number of unbranched alkanes of at least 4 members (excludes halogenated alkanes) is 1. The molecule has 2 nitrogen and oxygen atoms in total. The Balaban J connectivity index is 2.50. The van der Waals surface area contributed by atoms with Crippen LogP contribution in [-0.4, -0.2) is 17.7 Å². The summed E-state index contributed by atoms with van der Waals surface area (Å²) in [6.07, 6.45) is -4.38. The first-order valence-electron chi connectivity index (χ1n) is 5.70. The van der Waals surface area contributed by atoms with Crippen molar-refractivity contribution in [1.82, 2.24) is 0 Å². The van der Waals surface area contributed by atoms with Crippen molar-refractivity contribution in [3.8, 4) is 0 Å². The van der Waals surface area contributed by atoms with Gasteiger partial charge in [0.15, 0.2) is 0 Å². The highest BCUT2D eigenvalue weighted by Gasteiger charge is 2.25. The maximum Gasteiger partial charge on any atom is 0.389 e. The molecule has 0 aromatic heterocycles. The summed E-state index contributed by atoms with van der Waals surface area (Å²) in [6.45, 7) is 0.409. The fraction of sp³-hybridized carbons (Fsp3) is 0.417. The van der Waals surface area contributed by atoms with E-state index in [9.17, 15) is 13.2 Å². The standard InChI is InChI=1S/C12H14ClF3N2S/c13-8-4-3-5-9(10(8)11(17)19)18-7-2-1-6-12(14,15)16/h3-5,18H,1-2,6-7H2,(H2,17,19). The molecule has 3 N–H and O–H groups in total. The van der Waals surface area contributed by atoms with Crippen LogP contribution < -0.4 is 11.1 Å². The summed E-state index contributed by atoms with van der Waals surface area (Å²) in [5.74, 6) is 0. The van der Waals surface area contributed by atoms with Crippen molar-refractivity contribution in [2.75, 3.05) is 11.9 Å². The van der Waals surface area contributed by atoms with Crippen LogP contribution in [0.25, 0.3) is 0 Å². The van der Waals surface area contributed by atoms with Crippen LogP contribution in [0.3, 0.4) is 0 Å². The van der Waals surface area contributed by atoms with Gasteiger partial charge in [-0.25, -0.2) is 0 Å². The van der Waals surface area contributed by atoms with Crippen LogP contribution in [0, 0.1) is 0 Å². The summed E-state index contributed by atoms with van der Waals surface area (Å²) in [4.78, 5) is 0.156. The number of hydrogen-bond acceptors (Lipinski definition) is 2. The summed E-state index contributed by atoms with van der Waals surface area (Å²) < 4.78 is 35.9. The van der Waals surface area contributed by atoms with Crippen molar-refractivity contribution >= 4 is 34.5 Å². The molecule has 0 bridgehead atoms. The van der Waals surface area contributed by atoms with Crippen molar-refractivity contribution in [2.24, 2.45) is 5.73 Å². The fourth-order valence-electron chi connectivity index (χ4n) is 1.60. The zero-order valence-electron chi connectivity index (χ0n) is 10.1. The number of nitrogens with two attached hydrogens (primary N) is 1. The van der Waals surface area contributed by atoms with Gasteiger partial charge >= 0.3 is 6.18 Å². The first-order valence-corrected chi connectivity index (χ1v) is 6.49. The Morgan fingerprint density at radius 3 is 2.58 bits per heavy atom. The lowest BCUT2D eigenvalue weighted by molar-refractivity contribution is -0.135. The summed E-state index contributed by atoms with van der Waals surface area (Å²) in [7, 11) is 0. The van der Waals surface area contributed by atoms with Crippen molar-refractivity contribution in [3.05, 3.63) is 28.8 Å². The first kappa shape index (κ1) is 16.0. The average molecular weight is 311 g/mol. The van der Waals surface area contributed by atoms with Gasteiger partial charge in [-0.15, -0.1) is 0 Å². The minimum Gasteiger partial charge on any atom is -0.389 e. The largest absolute Gasteiger partial charge is 0.389 e. The molecule has 7 heteroatoms. The lowest BCUT2D eigenvalue weighted by atomic mass is 10.1. The SMILES string of the molecule is NC(=S)c1c(Cl)cccc1NCCCCC(F)(F)F. The Hall–Kier alpha value is -1.01. The molecule has 1 aromatic rings. The molecular weight excluding hydrogens is 297 g/mol. The van der Waals surface area contributed by atoms with Crippen LogP contribution in [0.4, 0.5) is 18.9 Å². The monoisotopic (exact) mass is 310 g/mol. The third kappa shape index (κ3) is 5.65. The van der Waals surface area contributed by atoms with E-state index in [0.717, 1.165) is 0 Å². The van der Waals surface area contributed by atoms with E-state index >= 15 is 0 Å². The zero-order chi connectivity index (χ0) is 14.5. The van der Waals surface area contributed by atoms with E-state index in [2.05, 4.69) is 5.32 Å². The molecule has 0 radical (unpaired) electrons. The quantitative estimate of drug-likeness (QED) is 0.613. The molecule has 0 atom stereocenters. The first-order chi connectivity index (χ1) is 8.81. The second kappa shape index (κ2) is 6.96. The number of thiocarbonyl (C=S) groups is 1. The predicted octanol–water partition coefficient (Wildman–Crippen LogP) is 4.12. The fourth-order valence-corrected chi connectivity index (χ4v) is 2.15. The summed E-state index contributed by atoms with van der Waals surface area (Å²) >= 11 is 10.9. The molecule has 1 aromatic carbocycles. The number of anilines is 1. The van der Waals surface area contributed by atoms with E-state index < -0.39 is 12.6 Å². The maximum atomic E-state index is 12.0. The van der Waals surface area contributed by atoms with Crippen molar-refractivity contribution < 1.29 is 13.2 Å². The Kier molecular flexibility index (Phi) is 5.87. The second-order valence-corrected chi connectivity index (χ2v) is 4.87. The smallest absolute Gasteiger partial charge is 0.389 e. The number of nitrogens with one attached hydrogen (secondary N) is 1. The number of alkyl halides is 3. The molecule has 0 unspecified atom stereocenters. The van der Waals surface area contributed by atoms with Gasteiger partial charge in [-0.2, -0.15) is 13.2 Å². The van der Waals surface area contributed by atoms with Crippen LogP contribution in [0.1, 0.15) is 24.8 Å². The number of halogens is 4. The molecule has 19 heavy (non-hydrogen) atoms. The highest BCUT2D eigenvalue weighted by molar-refractivity contribution is 7.80. The van der Waals surface area contributed by atoms with Gasteiger partial charge in [-0.3, -0.25) is 0 Å². The van der Waals surface area contributed by atoms with E-state index in [1.165, 1.54) is 0 Å². The van der Waals surface area contributed by atoms with Crippen molar-refractivity contribution in [3.63, 3.8) is 0 Å². The van der Waals surface area contributed by atoms with Gasteiger partial charge in [0.2, 0.25) is 0 Å². The molecule has 1 rings (SSSR count). The molecule has 0 aliphatic heterocycles. The van der Waals surface area contributed by atoms with E-state index in [1.54, 1.807) is 18.2 Å². The molecule has 0 spiro atoms. The minimum absolute atomic E-state index is 0.0828. The molecule has 0 heterocycles. The Labute approximate surface area is 120 Å². The lowest BCUT2D eigenvalue weighted by Gasteiger charge is -2.12. The third-order valence-electron chi connectivity index (χ3n) is 2.46. The molecule has 0 aliphatic rings. The second-order valence-electron chi connectivity index (χ2n) is 4.03. The molecular formula is C12H14ClF3N2S. The van der Waals surface area contributed by atoms with Gasteiger partial charge < -0.3 is 11.1 Å². The summed E-state index contributed by atoms with van der Waals surface area (Å²) in [5.41, 5.74) is 6.73. The third-order valence-corrected chi connectivity index (χ3v) is 2.98. The van der Waals surface area contributed by atoms with Gasteiger partial charge in [-0.05, 0) is 25.0 Å². The summed E-state index contributed by atoms with van der Waals surface area (Å²) in [6, 6.07) is 5.12. The van der Waals surface area contributed by atoms with Crippen LogP contribution in [0.15, 0.2) is 18.2 Å². The van der Waals surface area contributed by atoms with Crippen molar-refractivity contribution in [1.29, 1.82) is 0 Å². The molecule has 0 saturated carbocycles. The van der Waals surface area contributed by atoms with Crippen LogP contribution in [-0.2, 0) is 0 Å². The van der Waals surface area contributed by atoms with Gasteiger partial charge in [0.1, 0.15) is 4.99 Å². The van der Waals surface area contributed by atoms with E-state index in [4.69, 9.17) is 29.6 Å². The van der Waals surface area contributed by atoms with Crippen LogP contribution >= 0.6 is 23.8 Å². The summed E-state index contributed by atoms with van der Waals surface area (Å²) in [5, 5.41) is 3.43. The van der Waals surface area contributed by atoms with E-state index in [-0.39, 0.29) is 11.4 Å². The zero-order valence-corrected chi connectivity index (χ0v) is 11.6. The Morgan fingerprint density at radius 2 is 2.00 bits per heavy atom. The van der Waals surface area contributed by atoms with Gasteiger partial charge in [0.25, 0.3) is 0 Å². The Bertz CT molecular complexity index is 449. The number of rotatable bonds is 6. The van der Waals surface area contributed by atoms with Gasteiger partial charge in [0.05, 0.1) is 10.6 Å². The topological polar surface area (TPSA) is 38.0 Å². The predicted molar refractivity (Wildman–Crippen MR) is 75.7 cm³/mol. The average Bonchev–Trinajstić information content (AvgIpc) is 2.26. The highest BCUT2D eigenvalue weighted by Crippen LogP contribution is 2.25. The molecule has 106 valence electrons. The maximum absolute atomic E-state index is 12.0. The van der Waals surface area contributed by atoms with Crippen LogP contribution in [0.5, 0.6) is 0 Å². The van der Waals surface area contributed by atoms with Gasteiger partial charge in [0, 0.05) is 18.7 Å². The van der Waals surface area contributed by atoms with Gasteiger partial charge in [-0.1, -0.05) is 29.9 Å². The van der Waals surface area contributed by atoms with Crippen LogP contribution in [0.2, 0.25) is 5.02 Å². The lowest BCUT2D eigenvalue weighted by Crippen LogP contribution is -2.15. The van der Waals surface area contributed by atoms with Crippen molar-refractivity contribution in [2.45, 2.75) is 25.4 Å². The molecule has 0 fully saturated rings. The van der Waals surface area contributed by atoms with E-state index in [1.807, 2.05) is 0 Å². The number of benzene rings is 1. The molecule has 0 saturated heterocycles. The molecule has 0 aliphatic carbocycles. The normalized spacial score (nSPS) is 11.4.